The van der Waals surface area contributed by atoms with Crippen molar-refractivity contribution >= 4 is 28.1 Å². The number of rotatable bonds is 3. The van der Waals surface area contributed by atoms with Crippen molar-refractivity contribution in [3.8, 4) is 0 Å². The summed E-state index contributed by atoms with van der Waals surface area (Å²) in [6.07, 6.45) is 3.11. The first-order valence-corrected chi connectivity index (χ1v) is 8.72. The first kappa shape index (κ1) is 18.8. The Bertz CT molecular complexity index is 606. The Labute approximate surface area is 152 Å². The molecular weight excluding hydrogens is 372 g/mol. The molecule has 1 saturated heterocycles. The molecule has 1 amide bonds. The molecule has 0 bridgehead atoms. The van der Waals surface area contributed by atoms with Crippen LogP contribution in [0.15, 0.2) is 34.9 Å². The molecule has 1 N–H and O–H groups in total. The average Bonchev–Trinajstić information content (AvgIpc) is 2.74. The molecule has 1 aliphatic rings. The van der Waals surface area contributed by atoms with Gasteiger partial charge in [-0.2, -0.15) is 0 Å². The van der Waals surface area contributed by atoms with E-state index in [2.05, 4.69) is 21.2 Å². The number of nitrogens with one attached hydrogen (secondary N) is 1. The third kappa shape index (κ3) is 4.98. The van der Waals surface area contributed by atoms with Crippen LogP contribution in [0.2, 0.25) is 0 Å². The number of carbonyl (C=O) groups is 1. The molecule has 2 rings (SSSR count). The fourth-order valence-electron chi connectivity index (χ4n) is 2.41. The van der Waals surface area contributed by atoms with Crippen LogP contribution in [0.3, 0.4) is 0 Å². The van der Waals surface area contributed by atoms with E-state index in [1.165, 1.54) is 0 Å². The zero-order chi connectivity index (χ0) is 18.0. The molecule has 1 aliphatic heterocycles. The number of amides is 1. The minimum Gasteiger partial charge on any atom is -0.444 e. The van der Waals surface area contributed by atoms with Crippen LogP contribution in [0.5, 0.6) is 0 Å². The molecule has 1 fully saturated rings. The van der Waals surface area contributed by atoms with E-state index in [4.69, 9.17) is 9.47 Å². The lowest BCUT2D eigenvalue weighted by atomic mass is 10.2. The van der Waals surface area contributed by atoms with E-state index in [1.54, 1.807) is 4.90 Å². The van der Waals surface area contributed by atoms with Crippen molar-refractivity contribution in [1.82, 2.24) is 10.2 Å². The predicted octanol–water partition coefficient (Wildman–Crippen LogP) is 4.34. The van der Waals surface area contributed by atoms with Gasteiger partial charge in [0.25, 0.3) is 0 Å². The van der Waals surface area contributed by atoms with E-state index in [0.29, 0.717) is 6.61 Å². The van der Waals surface area contributed by atoms with Crippen LogP contribution in [0.4, 0.5) is 4.79 Å². The summed E-state index contributed by atoms with van der Waals surface area (Å²) in [6, 6.07) is 7.97. The highest BCUT2D eigenvalue weighted by atomic mass is 79.9. The normalized spacial score (nSPS) is 20.4. The largest absolute Gasteiger partial charge is 0.444 e. The van der Waals surface area contributed by atoms with Crippen LogP contribution in [0, 0.1) is 0 Å². The lowest BCUT2D eigenvalue weighted by Crippen LogP contribution is -2.53. The van der Waals surface area contributed by atoms with Crippen LogP contribution in [0.25, 0.3) is 6.08 Å². The Morgan fingerprint density at radius 2 is 2.00 bits per heavy atom. The standard InChI is InChI=1S/C18H25BrN2O3/c1-17(2,3)24-16(22)21-15(12-23-18(21,4)5)20-11-10-13-6-8-14(19)9-7-13/h6-11,15,20H,12H2,1-5H3/b11-10+. The number of hydrogen-bond acceptors (Lipinski definition) is 4. The zero-order valence-corrected chi connectivity index (χ0v) is 16.4. The molecule has 0 spiro atoms. The number of hydrogen-bond donors (Lipinski definition) is 1. The van der Waals surface area contributed by atoms with Gasteiger partial charge >= 0.3 is 6.09 Å². The van der Waals surface area contributed by atoms with E-state index in [0.717, 1.165) is 10.0 Å². The number of carbonyl (C=O) groups excluding carboxylic acids is 1. The van der Waals surface area contributed by atoms with Gasteiger partial charge in [-0.1, -0.05) is 28.1 Å². The maximum absolute atomic E-state index is 12.5. The predicted molar refractivity (Wildman–Crippen MR) is 98.2 cm³/mol. The van der Waals surface area contributed by atoms with Crippen LogP contribution in [0.1, 0.15) is 40.2 Å². The zero-order valence-electron chi connectivity index (χ0n) is 14.8. The van der Waals surface area contributed by atoms with Gasteiger partial charge in [-0.15, -0.1) is 0 Å². The molecule has 0 aliphatic carbocycles. The molecular formula is C18H25BrN2O3. The molecule has 6 heteroatoms. The molecule has 1 unspecified atom stereocenters. The van der Waals surface area contributed by atoms with Crippen LogP contribution in [-0.4, -0.2) is 35.1 Å². The third-order valence-electron chi connectivity index (χ3n) is 3.51. The molecule has 0 radical (unpaired) electrons. The molecule has 1 aromatic carbocycles. The van der Waals surface area contributed by atoms with Crippen molar-refractivity contribution in [2.45, 2.75) is 52.1 Å². The van der Waals surface area contributed by atoms with Gasteiger partial charge in [0.1, 0.15) is 17.5 Å². The van der Waals surface area contributed by atoms with E-state index < -0.39 is 11.3 Å². The second kappa shape index (κ2) is 7.15. The summed E-state index contributed by atoms with van der Waals surface area (Å²) in [4.78, 5) is 14.1. The molecule has 1 aromatic rings. The summed E-state index contributed by atoms with van der Waals surface area (Å²) in [5, 5.41) is 3.22. The van der Waals surface area contributed by atoms with Gasteiger partial charge in [-0.05, 0) is 64.6 Å². The van der Waals surface area contributed by atoms with Gasteiger partial charge in [0, 0.05) is 4.47 Å². The second-order valence-electron chi connectivity index (χ2n) is 7.18. The minimum absolute atomic E-state index is 0.276. The summed E-state index contributed by atoms with van der Waals surface area (Å²) in [6.45, 7) is 9.67. The van der Waals surface area contributed by atoms with E-state index in [1.807, 2.05) is 71.2 Å². The molecule has 132 valence electrons. The van der Waals surface area contributed by atoms with Crippen LogP contribution < -0.4 is 5.32 Å². The average molecular weight is 397 g/mol. The molecule has 1 heterocycles. The Hall–Kier alpha value is -1.53. The van der Waals surface area contributed by atoms with Gasteiger partial charge < -0.3 is 14.8 Å². The molecule has 24 heavy (non-hydrogen) atoms. The van der Waals surface area contributed by atoms with Crippen LogP contribution in [-0.2, 0) is 9.47 Å². The van der Waals surface area contributed by atoms with Crippen LogP contribution >= 0.6 is 15.9 Å². The summed E-state index contributed by atoms with van der Waals surface area (Å²) in [5.74, 6) is 0. The number of halogens is 1. The highest BCUT2D eigenvalue weighted by molar-refractivity contribution is 9.10. The number of ether oxygens (including phenoxy) is 2. The Morgan fingerprint density at radius 1 is 1.38 bits per heavy atom. The summed E-state index contributed by atoms with van der Waals surface area (Å²) in [7, 11) is 0. The second-order valence-corrected chi connectivity index (χ2v) is 8.09. The summed E-state index contributed by atoms with van der Waals surface area (Å²) < 4.78 is 12.3. The molecule has 0 saturated carbocycles. The Morgan fingerprint density at radius 3 is 2.58 bits per heavy atom. The summed E-state index contributed by atoms with van der Waals surface area (Å²) in [5.41, 5.74) is -0.202. The quantitative estimate of drug-likeness (QED) is 0.825. The molecule has 0 aromatic heterocycles. The molecule has 5 nitrogen and oxygen atoms in total. The SMILES string of the molecule is CC(C)(C)OC(=O)N1C(N/C=C/c2ccc(Br)cc2)COC1(C)C. The monoisotopic (exact) mass is 396 g/mol. The van der Waals surface area contributed by atoms with Crippen molar-refractivity contribution in [3.63, 3.8) is 0 Å². The van der Waals surface area contributed by atoms with Gasteiger partial charge in [0.05, 0.1) is 6.61 Å². The lowest BCUT2D eigenvalue weighted by molar-refractivity contribution is -0.0630. The minimum atomic E-state index is -0.717. The fraction of sp³-hybridized carbons (Fsp3) is 0.500. The number of nitrogens with zero attached hydrogens (tertiary/aromatic N) is 1. The summed E-state index contributed by atoms with van der Waals surface area (Å²) >= 11 is 3.41. The van der Waals surface area contributed by atoms with Gasteiger partial charge in [0.15, 0.2) is 0 Å². The van der Waals surface area contributed by atoms with E-state index >= 15 is 0 Å². The Balaban J connectivity index is 2.05. The van der Waals surface area contributed by atoms with Crippen molar-refractivity contribution < 1.29 is 14.3 Å². The molecule has 1 atom stereocenters. The topological polar surface area (TPSA) is 50.8 Å². The maximum Gasteiger partial charge on any atom is 0.414 e. The van der Waals surface area contributed by atoms with Crippen molar-refractivity contribution in [2.75, 3.05) is 6.61 Å². The Kier molecular flexibility index (Phi) is 5.60. The maximum atomic E-state index is 12.5. The lowest BCUT2D eigenvalue weighted by Gasteiger charge is -2.34. The number of benzene rings is 1. The highest BCUT2D eigenvalue weighted by Gasteiger charge is 2.45. The van der Waals surface area contributed by atoms with Crippen molar-refractivity contribution in [3.05, 3.63) is 40.5 Å². The third-order valence-corrected chi connectivity index (χ3v) is 4.04. The van der Waals surface area contributed by atoms with Gasteiger partial charge in [0.2, 0.25) is 0 Å². The highest BCUT2D eigenvalue weighted by Crippen LogP contribution is 2.28. The van der Waals surface area contributed by atoms with Crippen molar-refractivity contribution in [2.24, 2.45) is 0 Å². The van der Waals surface area contributed by atoms with E-state index in [-0.39, 0.29) is 12.3 Å². The van der Waals surface area contributed by atoms with Gasteiger partial charge in [-0.25, -0.2) is 4.79 Å². The van der Waals surface area contributed by atoms with E-state index in [9.17, 15) is 4.79 Å². The van der Waals surface area contributed by atoms with Crippen molar-refractivity contribution in [1.29, 1.82) is 0 Å². The first-order valence-electron chi connectivity index (χ1n) is 7.93. The smallest absolute Gasteiger partial charge is 0.414 e. The van der Waals surface area contributed by atoms with Gasteiger partial charge in [-0.3, -0.25) is 4.90 Å². The fourth-order valence-corrected chi connectivity index (χ4v) is 2.68. The first-order chi connectivity index (χ1) is 11.1.